The van der Waals surface area contributed by atoms with Gasteiger partial charge in [0.2, 0.25) is 0 Å². The Labute approximate surface area is 137 Å². The number of halogens is 1. The molecule has 4 rings (SSSR count). The van der Waals surface area contributed by atoms with Gasteiger partial charge in [-0.25, -0.2) is 14.4 Å². The van der Waals surface area contributed by atoms with Crippen LogP contribution in [0.1, 0.15) is 11.5 Å². The maximum atomic E-state index is 13.7. The van der Waals surface area contributed by atoms with Crippen molar-refractivity contribution in [1.82, 2.24) is 9.97 Å². The lowest BCUT2D eigenvalue weighted by Gasteiger charge is -2.22. The Morgan fingerprint density at radius 1 is 0.917 bits per heavy atom. The lowest BCUT2D eigenvalue weighted by molar-refractivity contribution is 0.476. The Kier molecular flexibility index (Phi) is 3.70. The van der Waals surface area contributed by atoms with Crippen molar-refractivity contribution in [3.63, 3.8) is 0 Å². The maximum absolute atomic E-state index is 13.7. The van der Waals surface area contributed by atoms with Gasteiger partial charge in [-0.05, 0) is 42.5 Å². The minimum atomic E-state index is -0.325. The molecule has 0 aliphatic rings. The molecule has 4 aromatic rings. The monoisotopic (exact) mass is 323 g/mol. The molecule has 0 unspecified atom stereocenters. The van der Waals surface area contributed by atoms with Crippen molar-refractivity contribution in [3.05, 3.63) is 78.7 Å². The fourth-order valence-electron chi connectivity index (χ4n) is 2.65. The fraction of sp³-hybridized carbons (Fsp3) is 0.111. The van der Waals surface area contributed by atoms with Crippen LogP contribution in [0.2, 0.25) is 0 Å². The van der Waals surface area contributed by atoms with E-state index in [2.05, 4.69) is 9.97 Å². The highest BCUT2D eigenvalue weighted by molar-refractivity contribution is 5.89. The molecule has 0 N–H and O–H groups in total. The van der Waals surface area contributed by atoms with E-state index in [9.17, 15) is 4.39 Å². The summed E-state index contributed by atoms with van der Waals surface area (Å²) in [4.78, 5) is 10.6. The fourth-order valence-corrected chi connectivity index (χ4v) is 2.65. The first-order chi connectivity index (χ1) is 11.8. The average Bonchev–Trinajstić information content (AvgIpc) is 3.27. The van der Waals surface area contributed by atoms with E-state index in [4.69, 9.17) is 8.83 Å². The zero-order valence-electron chi connectivity index (χ0n) is 12.7. The van der Waals surface area contributed by atoms with Crippen LogP contribution in [0.3, 0.4) is 0 Å². The molecule has 0 saturated heterocycles. The number of hydrogen-bond acceptors (Lipinski definition) is 5. The normalized spacial score (nSPS) is 11.0. The summed E-state index contributed by atoms with van der Waals surface area (Å²) in [7, 11) is 0. The van der Waals surface area contributed by atoms with E-state index < -0.39 is 0 Å². The molecular formula is C18H14FN3O2. The highest BCUT2D eigenvalue weighted by Gasteiger charge is 2.16. The first-order valence-electron chi connectivity index (χ1n) is 7.49. The van der Waals surface area contributed by atoms with E-state index in [1.165, 1.54) is 18.5 Å². The molecule has 0 saturated carbocycles. The van der Waals surface area contributed by atoms with Crippen LogP contribution in [0.5, 0.6) is 0 Å². The summed E-state index contributed by atoms with van der Waals surface area (Å²) >= 11 is 0. The van der Waals surface area contributed by atoms with Crippen LogP contribution in [-0.2, 0) is 13.1 Å². The van der Waals surface area contributed by atoms with E-state index in [-0.39, 0.29) is 5.82 Å². The van der Waals surface area contributed by atoms with E-state index in [0.717, 1.165) is 11.5 Å². The average molecular weight is 323 g/mol. The molecule has 1 aromatic carbocycles. The zero-order valence-corrected chi connectivity index (χ0v) is 12.7. The third-order valence-electron chi connectivity index (χ3n) is 3.73. The highest BCUT2D eigenvalue weighted by Crippen LogP contribution is 2.26. The second kappa shape index (κ2) is 6.16. The van der Waals surface area contributed by atoms with Gasteiger partial charge in [0.05, 0.1) is 31.1 Å². The van der Waals surface area contributed by atoms with Crippen molar-refractivity contribution in [2.75, 3.05) is 4.90 Å². The molecule has 0 radical (unpaired) electrons. The van der Waals surface area contributed by atoms with Crippen LogP contribution >= 0.6 is 0 Å². The van der Waals surface area contributed by atoms with E-state index in [1.807, 2.05) is 29.2 Å². The molecule has 5 nitrogen and oxygen atoms in total. The van der Waals surface area contributed by atoms with E-state index >= 15 is 0 Å². The Bertz CT molecular complexity index is 900. The molecule has 3 aromatic heterocycles. The molecule has 6 heteroatoms. The van der Waals surface area contributed by atoms with Gasteiger partial charge in [0.1, 0.15) is 29.5 Å². The van der Waals surface area contributed by atoms with Crippen molar-refractivity contribution >= 4 is 16.7 Å². The first-order valence-corrected chi connectivity index (χ1v) is 7.49. The van der Waals surface area contributed by atoms with Crippen molar-refractivity contribution in [3.8, 4) is 0 Å². The Balaban J connectivity index is 1.78. The molecule has 0 atom stereocenters. The first kappa shape index (κ1) is 14.4. The molecule has 0 spiro atoms. The minimum Gasteiger partial charge on any atom is -0.467 e. The third-order valence-corrected chi connectivity index (χ3v) is 3.73. The van der Waals surface area contributed by atoms with Crippen molar-refractivity contribution in [2.45, 2.75) is 13.1 Å². The summed E-state index contributed by atoms with van der Waals surface area (Å²) in [6.45, 7) is 0.965. The van der Waals surface area contributed by atoms with Crippen molar-refractivity contribution < 1.29 is 13.2 Å². The van der Waals surface area contributed by atoms with Gasteiger partial charge in [-0.2, -0.15) is 0 Å². The quantitative estimate of drug-likeness (QED) is 0.552. The summed E-state index contributed by atoms with van der Waals surface area (Å²) in [6.07, 6.45) is 4.73. The molecule has 0 aliphatic heterocycles. The van der Waals surface area contributed by atoms with Gasteiger partial charge in [-0.15, -0.1) is 0 Å². The summed E-state index contributed by atoms with van der Waals surface area (Å²) < 4.78 is 24.6. The summed E-state index contributed by atoms with van der Waals surface area (Å²) in [5.41, 5.74) is 0.685. The number of hydrogen-bond donors (Lipinski definition) is 0. The Morgan fingerprint density at radius 2 is 1.62 bits per heavy atom. The van der Waals surface area contributed by atoms with Crippen LogP contribution in [0.25, 0.3) is 10.9 Å². The van der Waals surface area contributed by atoms with Crippen LogP contribution < -0.4 is 4.90 Å². The summed E-state index contributed by atoms with van der Waals surface area (Å²) in [6, 6.07) is 11.9. The van der Waals surface area contributed by atoms with Crippen molar-refractivity contribution in [1.29, 1.82) is 0 Å². The lowest BCUT2D eigenvalue weighted by Crippen LogP contribution is -2.23. The second-order valence-electron chi connectivity index (χ2n) is 5.37. The van der Waals surface area contributed by atoms with Gasteiger partial charge in [0.15, 0.2) is 0 Å². The third kappa shape index (κ3) is 2.86. The lowest BCUT2D eigenvalue weighted by atomic mass is 10.2. The molecule has 3 heterocycles. The smallest absolute Gasteiger partial charge is 0.140 e. The molecule has 0 aliphatic carbocycles. The van der Waals surface area contributed by atoms with Gasteiger partial charge in [0.25, 0.3) is 0 Å². The maximum Gasteiger partial charge on any atom is 0.140 e. The van der Waals surface area contributed by atoms with Gasteiger partial charge in [0, 0.05) is 5.39 Å². The van der Waals surface area contributed by atoms with E-state index in [1.54, 1.807) is 18.6 Å². The number of nitrogens with zero attached hydrogens (tertiary/aromatic N) is 3. The standard InChI is InChI=1S/C18H14FN3O2/c19-13-5-6-17-16(9-13)18(21-12-20-17)22(10-14-3-1-7-23-14)11-15-4-2-8-24-15/h1-9,12H,10-11H2. The number of anilines is 1. The SMILES string of the molecule is Fc1ccc2ncnc(N(Cc3ccco3)Cc3ccco3)c2c1. The van der Waals surface area contributed by atoms with E-state index in [0.29, 0.717) is 29.8 Å². The predicted octanol–water partition coefficient (Wildman–Crippen LogP) is 4.16. The van der Waals surface area contributed by atoms with Gasteiger partial charge in [-0.1, -0.05) is 0 Å². The summed E-state index contributed by atoms with van der Waals surface area (Å²) in [5, 5.41) is 0.649. The van der Waals surface area contributed by atoms with Crippen molar-refractivity contribution in [2.24, 2.45) is 0 Å². The number of aromatic nitrogens is 2. The molecule has 0 fully saturated rings. The zero-order chi connectivity index (χ0) is 16.4. The number of rotatable bonds is 5. The van der Waals surface area contributed by atoms with Crippen LogP contribution in [-0.4, -0.2) is 9.97 Å². The molecular weight excluding hydrogens is 309 g/mol. The highest BCUT2D eigenvalue weighted by atomic mass is 19.1. The predicted molar refractivity (Wildman–Crippen MR) is 86.8 cm³/mol. The Hall–Kier alpha value is -3.15. The van der Waals surface area contributed by atoms with Gasteiger partial charge in [-0.3, -0.25) is 0 Å². The molecule has 0 bridgehead atoms. The second-order valence-corrected chi connectivity index (χ2v) is 5.37. The van der Waals surface area contributed by atoms with Gasteiger partial charge < -0.3 is 13.7 Å². The van der Waals surface area contributed by atoms with Crippen LogP contribution in [0, 0.1) is 5.82 Å². The largest absolute Gasteiger partial charge is 0.467 e. The Morgan fingerprint density at radius 3 is 2.25 bits per heavy atom. The topological polar surface area (TPSA) is 55.3 Å². The number of furan rings is 2. The minimum absolute atomic E-state index is 0.325. The molecule has 0 amide bonds. The number of benzene rings is 1. The molecule has 120 valence electrons. The molecule has 24 heavy (non-hydrogen) atoms. The van der Waals surface area contributed by atoms with Crippen LogP contribution in [0.4, 0.5) is 10.2 Å². The number of fused-ring (bicyclic) bond motifs is 1. The van der Waals surface area contributed by atoms with Gasteiger partial charge >= 0.3 is 0 Å². The van der Waals surface area contributed by atoms with Crippen LogP contribution in [0.15, 0.2) is 70.2 Å². The summed E-state index contributed by atoms with van der Waals surface area (Å²) in [5.74, 6) is 1.87.